The van der Waals surface area contributed by atoms with Crippen LogP contribution in [0.1, 0.15) is 75.2 Å². The number of aryl methyl sites for hydroxylation is 1. The Labute approximate surface area is 170 Å². The quantitative estimate of drug-likeness (QED) is 0.724. The van der Waals surface area contributed by atoms with Gasteiger partial charge >= 0.3 is 0 Å². The Kier molecular flexibility index (Phi) is 4.46. The molecule has 148 valence electrons. The summed E-state index contributed by atoms with van der Waals surface area (Å²) in [7, 11) is 0. The molecule has 29 heavy (non-hydrogen) atoms. The predicted octanol–water partition coefficient (Wildman–Crippen LogP) is 4.21. The zero-order valence-corrected chi connectivity index (χ0v) is 16.4. The van der Waals surface area contributed by atoms with Gasteiger partial charge in [0.2, 0.25) is 0 Å². The van der Waals surface area contributed by atoms with Crippen molar-refractivity contribution in [2.24, 2.45) is 0 Å². The number of rotatable bonds is 2. The number of para-hydroxylation sites is 1. The highest BCUT2D eigenvalue weighted by molar-refractivity contribution is 6.22. The largest absolute Gasteiger partial charge is 0.308 e. The molecule has 2 aliphatic heterocycles. The molecule has 0 aromatic heterocycles. The lowest BCUT2D eigenvalue weighted by Gasteiger charge is -2.29. The summed E-state index contributed by atoms with van der Waals surface area (Å²) in [5.41, 5.74) is 3.37. The van der Waals surface area contributed by atoms with Crippen LogP contribution in [0.15, 0.2) is 42.5 Å². The van der Waals surface area contributed by atoms with Crippen molar-refractivity contribution in [2.75, 3.05) is 11.4 Å². The van der Waals surface area contributed by atoms with E-state index in [2.05, 4.69) is 6.07 Å². The summed E-state index contributed by atoms with van der Waals surface area (Å²) in [6.07, 6.45) is 6.90. The minimum absolute atomic E-state index is 0.00993. The van der Waals surface area contributed by atoms with E-state index in [1.54, 1.807) is 23.1 Å². The van der Waals surface area contributed by atoms with Crippen LogP contribution >= 0.6 is 0 Å². The molecular weight excluding hydrogens is 364 g/mol. The van der Waals surface area contributed by atoms with Crippen molar-refractivity contribution in [2.45, 2.75) is 51.0 Å². The van der Waals surface area contributed by atoms with Gasteiger partial charge in [0.25, 0.3) is 17.7 Å². The van der Waals surface area contributed by atoms with Crippen LogP contribution < -0.4 is 4.90 Å². The monoisotopic (exact) mass is 388 g/mol. The number of carbonyl (C=O) groups is 3. The number of anilines is 1. The molecule has 5 nitrogen and oxygen atoms in total. The Morgan fingerprint density at radius 2 is 1.62 bits per heavy atom. The van der Waals surface area contributed by atoms with E-state index in [0.717, 1.165) is 50.6 Å². The maximum atomic E-state index is 13.2. The Balaban J connectivity index is 1.45. The molecule has 1 fully saturated rings. The number of imide groups is 1. The molecule has 3 aliphatic rings. The minimum Gasteiger partial charge on any atom is -0.308 e. The van der Waals surface area contributed by atoms with E-state index in [1.807, 2.05) is 18.2 Å². The zero-order chi connectivity index (χ0) is 20.0. The fourth-order valence-corrected chi connectivity index (χ4v) is 4.96. The highest BCUT2D eigenvalue weighted by Gasteiger charge is 2.40. The Morgan fingerprint density at radius 3 is 2.45 bits per heavy atom. The first-order valence-electron chi connectivity index (χ1n) is 10.6. The molecule has 2 aromatic carbocycles. The van der Waals surface area contributed by atoms with Crippen LogP contribution in [0.5, 0.6) is 0 Å². The fraction of sp³-hybridized carbons (Fsp3) is 0.375. The second kappa shape index (κ2) is 7.14. The molecule has 0 radical (unpaired) electrons. The van der Waals surface area contributed by atoms with Crippen LogP contribution in [0.4, 0.5) is 5.69 Å². The predicted molar refractivity (Wildman–Crippen MR) is 110 cm³/mol. The van der Waals surface area contributed by atoms with E-state index in [-0.39, 0.29) is 23.8 Å². The van der Waals surface area contributed by atoms with Crippen molar-refractivity contribution >= 4 is 23.4 Å². The topological polar surface area (TPSA) is 57.7 Å². The summed E-state index contributed by atoms with van der Waals surface area (Å²) in [5.74, 6) is -0.568. The van der Waals surface area contributed by atoms with Crippen LogP contribution in [-0.2, 0) is 6.42 Å². The maximum Gasteiger partial charge on any atom is 0.261 e. The second-order valence-electron chi connectivity index (χ2n) is 8.22. The lowest BCUT2D eigenvalue weighted by atomic mass is 9.94. The molecule has 0 saturated heterocycles. The summed E-state index contributed by atoms with van der Waals surface area (Å²) in [5, 5.41) is 0. The summed E-state index contributed by atoms with van der Waals surface area (Å²) >= 11 is 0. The first-order chi connectivity index (χ1) is 14.1. The average molecular weight is 388 g/mol. The molecule has 0 bridgehead atoms. The van der Waals surface area contributed by atoms with Crippen LogP contribution in [0, 0.1) is 0 Å². The van der Waals surface area contributed by atoms with Gasteiger partial charge in [0.15, 0.2) is 0 Å². The number of carbonyl (C=O) groups excluding carboxylic acids is 3. The SMILES string of the molecule is O=C(c1ccc2c(c1)C(=O)N(C1CCCCC1)C2=O)N1CCCc2ccccc21. The molecule has 5 heteroatoms. The Bertz CT molecular complexity index is 1010. The number of hydrogen-bond donors (Lipinski definition) is 0. The van der Waals surface area contributed by atoms with Gasteiger partial charge in [-0.25, -0.2) is 0 Å². The molecule has 0 N–H and O–H groups in total. The standard InChI is InChI=1S/C24H24N2O3/c27-22(25-14-6-8-16-7-4-5-11-21(16)25)17-12-13-19-20(15-17)24(29)26(23(19)28)18-9-2-1-3-10-18/h4-5,7,11-13,15,18H,1-3,6,8-10,14H2. The lowest BCUT2D eigenvalue weighted by molar-refractivity contribution is 0.0549. The van der Waals surface area contributed by atoms with Crippen LogP contribution in [0.3, 0.4) is 0 Å². The summed E-state index contributed by atoms with van der Waals surface area (Å²) < 4.78 is 0. The van der Waals surface area contributed by atoms with Gasteiger partial charge in [-0.2, -0.15) is 0 Å². The van der Waals surface area contributed by atoms with Crippen LogP contribution in [0.2, 0.25) is 0 Å². The van der Waals surface area contributed by atoms with Gasteiger partial charge in [-0.15, -0.1) is 0 Å². The summed E-state index contributed by atoms with van der Waals surface area (Å²) in [6, 6.07) is 12.9. The summed E-state index contributed by atoms with van der Waals surface area (Å²) in [6.45, 7) is 0.661. The molecule has 2 heterocycles. The smallest absolute Gasteiger partial charge is 0.261 e. The number of nitrogens with zero attached hydrogens (tertiary/aromatic N) is 2. The zero-order valence-electron chi connectivity index (χ0n) is 16.4. The van der Waals surface area contributed by atoms with Crippen molar-refractivity contribution in [3.05, 3.63) is 64.7 Å². The molecule has 1 saturated carbocycles. The first-order valence-corrected chi connectivity index (χ1v) is 10.6. The molecule has 0 atom stereocenters. The van der Waals surface area contributed by atoms with Crippen molar-refractivity contribution in [1.29, 1.82) is 0 Å². The van der Waals surface area contributed by atoms with Gasteiger partial charge in [-0.3, -0.25) is 19.3 Å². The van der Waals surface area contributed by atoms with Gasteiger partial charge in [0.05, 0.1) is 11.1 Å². The number of fused-ring (bicyclic) bond motifs is 2. The van der Waals surface area contributed by atoms with Crippen molar-refractivity contribution < 1.29 is 14.4 Å². The van der Waals surface area contributed by atoms with E-state index in [4.69, 9.17) is 0 Å². The molecule has 1 aliphatic carbocycles. The fourth-order valence-electron chi connectivity index (χ4n) is 4.96. The maximum absolute atomic E-state index is 13.2. The van der Waals surface area contributed by atoms with Crippen LogP contribution in [-0.4, -0.2) is 35.2 Å². The molecule has 2 aromatic rings. The normalized spacial score (nSPS) is 19.3. The van der Waals surface area contributed by atoms with Gasteiger partial charge in [0, 0.05) is 23.8 Å². The molecule has 0 unspecified atom stereocenters. The molecular formula is C24H24N2O3. The number of amides is 3. The van der Waals surface area contributed by atoms with Crippen molar-refractivity contribution in [3.8, 4) is 0 Å². The minimum atomic E-state index is -0.245. The average Bonchev–Trinajstić information content (AvgIpc) is 3.03. The first kappa shape index (κ1) is 18.1. The third kappa shape index (κ3) is 2.96. The van der Waals surface area contributed by atoms with Gasteiger partial charge in [-0.05, 0) is 55.5 Å². The molecule has 5 rings (SSSR count). The third-order valence-corrected chi connectivity index (χ3v) is 6.46. The molecule has 0 spiro atoms. The Hall–Kier alpha value is -2.95. The Morgan fingerprint density at radius 1 is 0.862 bits per heavy atom. The number of hydrogen-bond acceptors (Lipinski definition) is 3. The number of benzene rings is 2. The van der Waals surface area contributed by atoms with Gasteiger partial charge in [0.1, 0.15) is 0 Å². The van der Waals surface area contributed by atoms with E-state index in [1.165, 1.54) is 10.5 Å². The van der Waals surface area contributed by atoms with Gasteiger partial charge < -0.3 is 4.90 Å². The molecule has 3 amide bonds. The summed E-state index contributed by atoms with van der Waals surface area (Å²) in [4.78, 5) is 42.4. The van der Waals surface area contributed by atoms with E-state index < -0.39 is 0 Å². The highest BCUT2D eigenvalue weighted by Crippen LogP contribution is 2.33. The van der Waals surface area contributed by atoms with E-state index in [9.17, 15) is 14.4 Å². The van der Waals surface area contributed by atoms with E-state index >= 15 is 0 Å². The lowest BCUT2D eigenvalue weighted by Crippen LogP contribution is -2.40. The highest BCUT2D eigenvalue weighted by atomic mass is 16.2. The second-order valence-corrected chi connectivity index (χ2v) is 8.22. The van der Waals surface area contributed by atoms with E-state index in [0.29, 0.717) is 23.2 Å². The van der Waals surface area contributed by atoms with Crippen LogP contribution in [0.25, 0.3) is 0 Å². The third-order valence-electron chi connectivity index (χ3n) is 6.46. The van der Waals surface area contributed by atoms with Crippen molar-refractivity contribution in [3.63, 3.8) is 0 Å². The van der Waals surface area contributed by atoms with Gasteiger partial charge in [-0.1, -0.05) is 37.5 Å². The van der Waals surface area contributed by atoms with Crippen molar-refractivity contribution in [1.82, 2.24) is 4.90 Å².